The SMILES string of the molecule is CCCCCCOCc1ccnc(Cl)c1. The third-order valence-corrected chi connectivity index (χ3v) is 2.41. The number of hydrogen-bond donors (Lipinski definition) is 0. The zero-order valence-corrected chi connectivity index (χ0v) is 9.96. The minimum Gasteiger partial charge on any atom is -0.377 e. The Hall–Kier alpha value is -0.600. The van der Waals surface area contributed by atoms with Crippen LogP contribution in [0.1, 0.15) is 38.2 Å². The highest BCUT2D eigenvalue weighted by Gasteiger charge is 1.95. The molecule has 1 heterocycles. The summed E-state index contributed by atoms with van der Waals surface area (Å²) in [4.78, 5) is 3.92. The molecule has 0 bridgehead atoms. The molecule has 0 unspecified atom stereocenters. The van der Waals surface area contributed by atoms with Crippen LogP contribution in [0.3, 0.4) is 0 Å². The predicted octanol–water partition coefficient (Wildman–Crippen LogP) is 3.83. The summed E-state index contributed by atoms with van der Waals surface area (Å²) in [5, 5.41) is 0.530. The molecule has 84 valence electrons. The van der Waals surface area contributed by atoms with E-state index < -0.39 is 0 Å². The van der Waals surface area contributed by atoms with Crippen molar-refractivity contribution in [2.75, 3.05) is 6.61 Å². The van der Waals surface area contributed by atoms with Gasteiger partial charge in [-0.3, -0.25) is 0 Å². The van der Waals surface area contributed by atoms with Crippen LogP contribution in [0.4, 0.5) is 0 Å². The molecule has 0 aliphatic carbocycles. The molecule has 0 amide bonds. The van der Waals surface area contributed by atoms with Crippen LogP contribution in [0.5, 0.6) is 0 Å². The van der Waals surface area contributed by atoms with Crippen molar-refractivity contribution in [2.45, 2.75) is 39.2 Å². The smallest absolute Gasteiger partial charge is 0.129 e. The van der Waals surface area contributed by atoms with Crippen LogP contribution >= 0.6 is 11.6 Å². The first kappa shape index (κ1) is 12.5. The highest BCUT2D eigenvalue weighted by Crippen LogP contribution is 2.08. The molecule has 0 aliphatic heterocycles. The monoisotopic (exact) mass is 227 g/mol. The van der Waals surface area contributed by atoms with Crippen LogP contribution in [-0.2, 0) is 11.3 Å². The van der Waals surface area contributed by atoms with Crippen LogP contribution < -0.4 is 0 Å². The summed E-state index contributed by atoms with van der Waals surface area (Å²) in [6.45, 7) is 3.67. The maximum atomic E-state index is 5.76. The van der Waals surface area contributed by atoms with E-state index in [1.165, 1.54) is 19.3 Å². The van der Waals surface area contributed by atoms with Crippen molar-refractivity contribution in [3.05, 3.63) is 29.0 Å². The van der Waals surface area contributed by atoms with Gasteiger partial charge < -0.3 is 4.74 Å². The molecular formula is C12H18ClNO. The molecule has 0 aromatic carbocycles. The second kappa shape index (κ2) is 7.66. The average molecular weight is 228 g/mol. The maximum absolute atomic E-state index is 5.76. The van der Waals surface area contributed by atoms with Gasteiger partial charge in [0.15, 0.2) is 0 Å². The van der Waals surface area contributed by atoms with Gasteiger partial charge in [0, 0.05) is 12.8 Å². The zero-order chi connectivity index (χ0) is 10.9. The first-order chi connectivity index (χ1) is 7.33. The molecule has 0 atom stereocenters. The lowest BCUT2D eigenvalue weighted by Crippen LogP contribution is -1.95. The Bertz CT molecular complexity index is 278. The van der Waals surface area contributed by atoms with Gasteiger partial charge in [0.05, 0.1) is 6.61 Å². The van der Waals surface area contributed by atoms with Crippen molar-refractivity contribution in [1.29, 1.82) is 0 Å². The predicted molar refractivity (Wildman–Crippen MR) is 63.0 cm³/mol. The molecule has 0 N–H and O–H groups in total. The molecule has 1 rings (SSSR count). The van der Waals surface area contributed by atoms with Gasteiger partial charge >= 0.3 is 0 Å². The topological polar surface area (TPSA) is 22.1 Å². The fourth-order valence-electron chi connectivity index (χ4n) is 1.35. The van der Waals surface area contributed by atoms with Crippen LogP contribution in [0.2, 0.25) is 5.15 Å². The summed E-state index contributed by atoms with van der Waals surface area (Å²) in [6.07, 6.45) is 6.67. The summed E-state index contributed by atoms with van der Waals surface area (Å²) in [5.41, 5.74) is 1.09. The van der Waals surface area contributed by atoms with E-state index in [0.717, 1.165) is 18.6 Å². The van der Waals surface area contributed by atoms with Crippen molar-refractivity contribution in [2.24, 2.45) is 0 Å². The van der Waals surface area contributed by atoms with E-state index in [1.807, 2.05) is 12.1 Å². The molecule has 1 aromatic heterocycles. The Balaban J connectivity index is 2.10. The Kier molecular flexibility index (Phi) is 6.37. The van der Waals surface area contributed by atoms with Crippen molar-refractivity contribution in [1.82, 2.24) is 4.98 Å². The van der Waals surface area contributed by atoms with E-state index in [-0.39, 0.29) is 0 Å². The zero-order valence-electron chi connectivity index (χ0n) is 9.21. The van der Waals surface area contributed by atoms with Crippen molar-refractivity contribution >= 4 is 11.6 Å². The van der Waals surface area contributed by atoms with Gasteiger partial charge in [-0.15, -0.1) is 0 Å². The Labute approximate surface area is 96.6 Å². The maximum Gasteiger partial charge on any atom is 0.129 e. The molecule has 0 aliphatic rings. The number of halogens is 1. The first-order valence-electron chi connectivity index (χ1n) is 5.51. The fraction of sp³-hybridized carbons (Fsp3) is 0.583. The number of nitrogens with zero attached hydrogens (tertiary/aromatic N) is 1. The third-order valence-electron chi connectivity index (χ3n) is 2.20. The largest absolute Gasteiger partial charge is 0.377 e. The van der Waals surface area contributed by atoms with Crippen molar-refractivity contribution < 1.29 is 4.74 Å². The van der Waals surface area contributed by atoms with Crippen LogP contribution in [0.25, 0.3) is 0 Å². The summed E-state index contributed by atoms with van der Waals surface area (Å²) < 4.78 is 5.53. The third kappa shape index (κ3) is 5.75. The molecule has 1 aromatic rings. The van der Waals surface area contributed by atoms with E-state index in [1.54, 1.807) is 6.20 Å². The number of aromatic nitrogens is 1. The van der Waals surface area contributed by atoms with Crippen LogP contribution in [-0.4, -0.2) is 11.6 Å². The van der Waals surface area contributed by atoms with E-state index >= 15 is 0 Å². The summed E-state index contributed by atoms with van der Waals surface area (Å²) in [6, 6.07) is 3.77. The highest BCUT2D eigenvalue weighted by molar-refractivity contribution is 6.29. The van der Waals surface area contributed by atoms with Gasteiger partial charge in [0.2, 0.25) is 0 Å². The molecule has 0 saturated carbocycles. The number of ether oxygens (including phenoxy) is 1. The minimum atomic E-state index is 0.530. The Morgan fingerprint density at radius 3 is 2.93 bits per heavy atom. The normalized spacial score (nSPS) is 10.5. The molecular weight excluding hydrogens is 210 g/mol. The van der Waals surface area contributed by atoms with Gasteiger partial charge in [-0.05, 0) is 24.1 Å². The fourth-order valence-corrected chi connectivity index (χ4v) is 1.55. The number of hydrogen-bond acceptors (Lipinski definition) is 2. The summed E-state index contributed by atoms with van der Waals surface area (Å²) >= 11 is 5.76. The first-order valence-corrected chi connectivity index (χ1v) is 5.89. The van der Waals surface area contributed by atoms with Gasteiger partial charge in [0.1, 0.15) is 5.15 Å². The molecule has 15 heavy (non-hydrogen) atoms. The molecule has 0 fully saturated rings. The molecule has 0 spiro atoms. The standard InChI is InChI=1S/C12H18ClNO/c1-2-3-4-5-8-15-10-11-6-7-14-12(13)9-11/h6-7,9H,2-5,8,10H2,1H3. The second-order valence-corrected chi connectivity index (χ2v) is 3.99. The van der Waals surface area contributed by atoms with Crippen LogP contribution in [0, 0.1) is 0 Å². The average Bonchev–Trinajstić information content (AvgIpc) is 2.23. The lowest BCUT2D eigenvalue weighted by molar-refractivity contribution is 0.117. The lowest BCUT2D eigenvalue weighted by atomic mass is 10.2. The Morgan fingerprint density at radius 1 is 1.33 bits per heavy atom. The van der Waals surface area contributed by atoms with Gasteiger partial charge in [-0.2, -0.15) is 0 Å². The lowest BCUT2D eigenvalue weighted by Gasteiger charge is -2.04. The molecule has 0 radical (unpaired) electrons. The number of unbranched alkanes of at least 4 members (excludes halogenated alkanes) is 3. The molecule has 0 saturated heterocycles. The number of pyridine rings is 1. The second-order valence-electron chi connectivity index (χ2n) is 3.60. The van der Waals surface area contributed by atoms with E-state index in [4.69, 9.17) is 16.3 Å². The van der Waals surface area contributed by atoms with Gasteiger partial charge in [-0.1, -0.05) is 37.8 Å². The van der Waals surface area contributed by atoms with Crippen molar-refractivity contribution in [3.8, 4) is 0 Å². The minimum absolute atomic E-state index is 0.530. The summed E-state index contributed by atoms with van der Waals surface area (Å²) in [5.74, 6) is 0. The Morgan fingerprint density at radius 2 is 2.20 bits per heavy atom. The molecule has 3 heteroatoms. The van der Waals surface area contributed by atoms with Gasteiger partial charge in [-0.25, -0.2) is 4.98 Å². The van der Waals surface area contributed by atoms with Crippen molar-refractivity contribution in [3.63, 3.8) is 0 Å². The quantitative estimate of drug-likeness (QED) is 0.522. The van der Waals surface area contributed by atoms with E-state index in [0.29, 0.717) is 11.8 Å². The highest BCUT2D eigenvalue weighted by atomic mass is 35.5. The summed E-state index contributed by atoms with van der Waals surface area (Å²) in [7, 11) is 0. The number of rotatable bonds is 7. The molecule has 2 nitrogen and oxygen atoms in total. The van der Waals surface area contributed by atoms with E-state index in [2.05, 4.69) is 11.9 Å². The van der Waals surface area contributed by atoms with Crippen LogP contribution in [0.15, 0.2) is 18.3 Å². The van der Waals surface area contributed by atoms with E-state index in [9.17, 15) is 0 Å². The van der Waals surface area contributed by atoms with Gasteiger partial charge in [0.25, 0.3) is 0 Å².